The number of nitrogens with one attached hydrogen (secondary N) is 2. The number of aromatic nitrogens is 1. The van der Waals surface area contributed by atoms with Crippen molar-refractivity contribution in [3.8, 4) is 5.75 Å². The number of pyridine rings is 1. The van der Waals surface area contributed by atoms with Crippen LogP contribution in [-0.2, 0) is 16.1 Å². The van der Waals surface area contributed by atoms with E-state index in [1.807, 2.05) is 18.2 Å². The molecule has 1 amide bonds. The molecule has 0 aliphatic carbocycles. The van der Waals surface area contributed by atoms with Gasteiger partial charge in [0.25, 0.3) is 5.91 Å². The Morgan fingerprint density at radius 1 is 1.26 bits per heavy atom. The van der Waals surface area contributed by atoms with E-state index in [1.165, 1.54) is 0 Å². The number of halogens is 4. The summed E-state index contributed by atoms with van der Waals surface area (Å²) in [6, 6.07) is 10.7. The molecule has 10 nitrogen and oxygen atoms in total. The van der Waals surface area contributed by atoms with E-state index >= 15 is 0 Å². The van der Waals surface area contributed by atoms with Crippen LogP contribution in [0.3, 0.4) is 0 Å². The van der Waals surface area contributed by atoms with Crippen LogP contribution >= 0.6 is 11.6 Å². The van der Waals surface area contributed by atoms with E-state index in [1.54, 1.807) is 36.3 Å². The third-order valence-corrected chi connectivity index (χ3v) is 4.20. The Balaban J connectivity index is 0.000000762. The SMILES string of the molecule is CN(CCc1ccccn1)C(=O)c1cc(Cl)cc(OCCCONC(=N)N)c1.O=C(O)C(F)(F)F. The maximum atomic E-state index is 12.7. The summed E-state index contributed by atoms with van der Waals surface area (Å²) in [5.74, 6) is -2.65. The number of benzene rings is 1. The minimum absolute atomic E-state index is 0.141. The summed E-state index contributed by atoms with van der Waals surface area (Å²) in [6.45, 7) is 1.23. The van der Waals surface area contributed by atoms with Gasteiger partial charge in [-0.2, -0.15) is 13.2 Å². The predicted octanol–water partition coefficient (Wildman–Crippen LogP) is 2.87. The third-order valence-electron chi connectivity index (χ3n) is 3.98. The lowest BCUT2D eigenvalue weighted by atomic mass is 10.1. The van der Waals surface area contributed by atoms with Gasteiger partial charge in [-0.15, -0.1) is 0 Å². The highest BCUT2D eigenvalue weighted by Gasteiger charge is 2.38. The van der Waals surface area contributed by atoms with E-state index < -0.39 is 12.1 Å². The molecule has 0 aliphatic rings. The number of nitrogens with two attached hydrogens (primary N) is 1. The first-order valence-corrected chi connectivity index (χ1v) is 10.4. The Kier molecular flexibility index (Phi) is 12.3. The predicted molar refractivity (Wildman–Crippen MR) is 121 cm³/mol. The summed E-state index contributed by atoms with van der Waals surface area (Å²) in [5.41, 5.74) is 8.73. The Morgan fingerprint density at radius 2 is 1.94 bits per heavy atom. The zero-order valence-corrected chi connectivity index (χ0v) is 19.4. The highest BCUT2D eigenvalue weighted by Crippen LogP contribution is 2.22. The normalized spacial score (nSPS) is 10.5. The van der Waals surface area contributed by atoms with Crippen molar-refractivity contribution in [1.82, 2.24) is 15.4 Å². The van der Waals surface area contributed by atoms with Gasteiger partial charge in [-0.25, -0.2) is 10.3 Å². The minimum atomic E-state index is -5.08. The molecule has 192 valence electrons. The van der Waals surface area contributed by atoms with Crippen LogP contribution < -0.4 is 16.0 Å². The largest absolute Gasteiger partial charge is 0.493 e. The molecule has 0 unspecified atom stereocenters. The van der Waals surface area contributed by atoms with Gasteiger partial charge in [0, 0.05) is 48.9 Å². The summed E-state index contributed by atoms with van der Waals surface area (Å²) in [7, 11) is 1.74. The number of hydrogen-bond donors (Lipinski definition) is 4. The molecule has 0 radical (unpaired) electrons. The molecular weight excluding hydrogens is 495 g/mol. The number of amides is 1. The van der Waals surface area contributed by atoms with Crippen molar-refractivity contribution in [1.29, 1.82) is 5.41 Å². The Morgan fingerprint density at radius 3 is 2.51 bits per heavy atom. The van der Waals surface area contributed by atoms with Gasteiger partial charge in [0.05, 0.1) is 13.2 Å². The number of alkyl halides is 3. The highest BCUT2D eigenvalue weighted by molar-refractivity contribution is 6.31. The molecule has 0 aliphatic heterocycles. The Labute approximate surface area is 204 Å². The second-order valence-electron chi connectivity index (χ2n) is 6.84. The summed E-state index contributed by atoms with van der Waals surface area (Å²) in [4.78, 5) is 32.4. The second-order valence-corrected chi connectivity index (χ2v) is 7.28. The van der Waals surface area contributed by atoms with Gasteiger partial charge in [-0.1, -0.05) is 17.7 Å². The molecule has 1 heterocycles. The number of rotatable bonds is 10. The van der Waals surface area contributed by atoms with Crippen LogP contribution in [0.25, 0.3) is 0 Å². The topological polar surface area (TPSA) is 151 Å². The molecule has 2 aromatic rings. The van der Waals surface area contributed by atoms with Crippen molar-refractivity contribution in [2.75, 3.05) is 26.8 Å². The van der Waals surface area contributed by atoms with Crippen molar-refractivity contribution < 1.29 is 37.4 Å². The average molecular weight is 520 g/mol. The molecule has 2 rings (SSSR count). The number of hydroxylamine groups is 1. The summed E-state index contributed by atoms with van der Waals surface area (Å²) in [5, 5.41) is 14.5. The number of carbonyl (C=O) groups excluding carboxylic acids is 1. The molecule has 14 heteroatoms. The number of ether oxygens (including phenoxy) is 1. The fourth-order valence-corrected chi connectivity index (χ4v) is 2.59. The van der Waals surface area contributed by atoms with Crippen molar-refractivity contribution in [3.63, 3.8) is 0 Å². The first-order chi connectivity index (χ1) is 16.4. The number of aliphatic carboxylic acids is 1. The smallest absolute Gasteiger partial charge is 0.490 e. The van der Waals surface area contributed by atoms with Crippen LogP contribution in [0.5, 0.6) is 5.75 Å². The zero-order chi connectivity index (χ0) is 26.4. The Bertz CT molecular complexity index is 980. The number of guanidine groups is 1. The van der Waals surface area contributed by atoms with Gasteiger partial charge in [-0.05, 0) is 30.3 Å². The molecule has 0 bridgehead atoms. The van der Waals surface area contributed by atoms with Crippen molar-refractivity contribution in [3.05, 3.63) is 58.9 Å². The third kappa shape index (κ3) is 12.5. The lowest BCUT2D eigenvalue weighted by molar-refractivity contribution is -0.192. The molecule has 1 aromatic heterocycles. The molecule has 35 heavy (non-hydrogen) atoms. The van der Waals surface area contributed by atoms with Crippen LogP contribution in [0, 0.1) is 5.41 Å². The highest BCUT2D eigenvalue weighted by atomic mass is 35.5. The van der Waals surface area contributed by atoms with Crippen LogP contribution in [-0.4, -0.2) is 65.8 Å². The van der Waals surface area contributed by atoms with Crippen molar-refractivity contribution in [2.45, 2.75) is 19.0 Å². The van der Waals surface area contributed by atoms with Gasteiger partial charge < -0.3 is 20.5 Å². The lowest BCUT2D eigenvalue weighted by Gasteiger charge is -2.18. The van der Waals surface area contributed by atoms with E-state index in [2.05, 4.69) is 10.5 Å². The van der Waals surface area contributed by atoms with E-state index in [0.29, 0.717) is 48.9 Å². The van der Waals surface area contributed by atoms with E-state index in [4.69, 9.17) is 42.2 Å². The van der Waals surface area contributed by atoms with Crippen LogP contribution in [0.1, 0.15) is 22.5 Å². The van der Waals surface area contributed by atoms with Gasteiger partial charge in [0.1, 0.15) is 5.75 Å². The molecule has 5 N–H and O–H groups in total. The maximum absolute atomic E-state index is 12.7. The van der Waals surface area contributed by atoms with Gasteiger partial charge >= 0.3 is 12.1 Å². The molecule has 1 aromatic carbocycles. The summed E-state index contributed by atoms with van der Waals surface area (Å²) < 4.78 is 37.4. The average Bonchev–Trinajstić information content (AvgIpc) is 2.79. The number of carboxylic acid groups (broad SMARTS) is 1. The molecule has 0 atom stereocenters. The molecule has 0 spiro atoms. The number of hydrogen-bond acceptors (Lipinski definition) is 6. The van der Waals surface area contributed by atoms with Crippen molar-refractivity contribution in [2.24, 2.45) is 5.73 Å². The van der Waals surface area contributed by atoms with Crippen LogP contribution in [0.4, 0.5) is 13.2 Å². The van der Waals surface area contributed by atoms with Gasteiger partial charge in [0.2, 0.25) is 5.96 Å². The quantitative estimate of drug-likeness (QED) is 0.162. The fourth-order valence-electron chi connectivity index (χ4n) is 2.37. The molecule has 0 saturated carbocycles. The van der Waals surface area contributed by atoms with E-state index in [-0.39, 0.29) is 11.9 Å². The number of nitrogens with zero attached hydrogens (tertiary/aromatic N) is 2. The standard InChI is InChI=1S/C19H24ClN5O3.C2HF3O2/c1-25(8-6-16-5-2-3-7-23-16)18(26)14-11-15(20)13-17(12-14)27-9-4-10-28-24-19(21)22;3-2(4,5)1(6)7/h2-3,5,7,11-13H,4,6,8-10H2,1H3,(H4,21,22,24);(H,6,7). The first kappa shape index (κ1) is 29.5. The molecular formula is C21H25ClF3N5O5. The second kappa shape index (κ2) is 14.6. The maximum Gasteiger partial charge on any atom is 0.490 e. The number of carboxylic acids is 1. The molecule has 0 saturated heterocycles. The van der Waals surface area contributed by atoms with E-state index in [0.717, 1.165) is 5.69 Å². The summed E-state index contributed by atoms with van der Waals surface area (Å²) >= 11 is 6.14. The minimum Gasteiger partial charge on any atom is -0.493 e. The fraction of sp³-hybridized carbons (Fsp3) is 0.333. The van der Waals surface area contributed by atoms with Gasteiger partial charge in [0.15, 0.2) is 0 Å². The molecule has 0 fully saturated rings. The number of carbonyl (C=O) groups is 2. The Hall–Kier alpha value is -3.58. The van der Waals surface area contributed by atoms with Crippen molar-refractivity contribution >= 4 is 29.4 Å². The lowest BCUT2D eigenvalue weighted by Crippen LogP contribution is -2.30. The first-order valence-electron chi connectivity index (χ1n) is 10.0. The summed E-state index contributed by atoms with van der Waals surface area (Å²) in [6.07, 6.45) is -2.11. The van der Waals surface area contributed by atoms with Crippen LogP contribution in [0.2, 0.25) is 5.02 Å². The monoisotopic (exact) mass is 519 g/mol. The number of likely N-dealkylation sites (N-methyl/N-ethyl adjacent to an activating group) is 1. The zero-order valence-electron chi connectivity index (χ0n) is 18.6. The van der Waals surface area contributed by atoms with Gasteiger partial charge in [-0.3, -0.25) is 20.0 Å². The van der Waals surface area contributed by atoms with E-state index in [9.17, 15) is 18.0 Å². The van der Waals surface area contributed by atoms with Crippen LogP contribution in [0.15, 0.2) is 42.6 Å².